The molecule has 13 heavy (non-hydrogen) atoms. The lowest BCUT2D eigenvalue weighted by molar-refractivity contribution is 0.412. The number of methoxy groups -OCH3 is 1. The molecule has 0 N–H and O–H groups in total. The zero-order valence-electron chi connectivity index (χ0n) is 8.29. The molecule has 0 aliphatic rings. The summed E-state index contributed by atoms with van der Waals surface area (Å²) in [5.74, 6) is 3.89. The third-order valence-corrected chi connectivity index (χ3v) is 2.04. The van der Waals surface area contributed by atoms with Gasteiger partial charge >= 0.3 is 0 Å². The molecule has 0 saturated heterocycles. The third-order valence-electron chi connectivity index (χ3n) is 2.04. The molecule has 1 aromatic carbocycles. The fourth-order valence-electron chi connectivity index (χ4n) is 1.35. The van der Waals surface area contributed by atoms with Gasteiger partial charge in [-0.25, -0.2) is 0 Å². The van der Waals surface area contributed by atoms with Crippen molar-refractivity contribution in [1.82, 2.24) is 0 Å². The van der Waals surface area contributed by atoms with Gasteiger partial charge in [-0.1, -0.05) is 31.9 Å². The van der Waals surface area contributed by atoms with Crippen LogP contribution in [0.25, 0.3) is 0 Å². The normalized spacial score (nSPS) is 9.77. The predicted octanol–water partition coefficient (Wildman–Crippen LogP) is 2.80. The monoisotopic (exact) mass is 174 g/mol. The fraction of sp³-hybridized carbons (Fsp3) is 0.333. The van der Waals surface area contributed by atoms with Crippen LogP contribution in [0, 0.1) is 12.3 Å². The van der Waals surface area contributed by atoms with E-state index in [1.165, 1.54) is 5.56 Å². The first-order valence-corrected chi connectivity index (χ1v) is 4.34. The minimum absolute atomic E-state index is 0.432. The molecule has 0 aliphatic heterocycles. The van der Waals surface area contributed by atoms with Gasteiger partial charge in [-0.15, -0.1) is 6.42 Å². The molecule has 1 rings (SSSR count). The van der Waals surface area contributed by atoms with E-state index in [4.69, 9.17) is 11.2 Å². The minimum atomic E-state index is 0.432. The Labute approximate surface area is 79.7 Å². The molecule has 0 atom stereocenters. The summed E-state index contributed by atoms with van der Waals surface area (Å²) in [5.41, 5.74) is 2.04. The summed E-state index contributed by atoms with van der Waals surface area (Å²) in [6, 6.07) is 5.90. The summed E-state index contributed by atoms with van der Waals surface area (Å²) >= 11 is 0. The van der Waals surface area contributed by atoms with Crippen LogP contribution in [0.4, 0.5) is 0 Å². The largest absolute Gasteiger partial charge is 0.495 e. The number of hydrogen-bond donors (Lipinski definition) is 0. The molecule has 1 nitrogen and oxygen atoms in total. The van der Waals surface area contributed by atoms with Crippen molar-refractivity contribution in [2.24, 2.45) is 0 Å². The first-order chi connectivity index (χ1) is 6.20. The van der Waals surface area contributed by atoms with Crippen molar-refractivity contribution >= 4 is 0 Å². The molecule has 0 aliphatic carbocycles. The average molecular weight is 174 g/mol. The second-order valence-corrected chi connectivity index (χ2v) is 3.22. The first kappa shape index (κ1) is 9.67. The zero-order valence-corrected chi connectivity index (χ0v) is 8.29. The summed E-state index contributed by atoms with van der Waals surface area (Å²) in [7, 11) is 1.64. The number of ether oxygens (including phenoxy) is 1. The molecule has 0 amide bonds. The Bertz CT molecular complexity index is 331. The second kappa shape index (κ2) is 4.00. The molecular weight excluding hydrogens is 160 g/mol. The van der Waals surface area contributed by atoms with E-state index in [0.717, 1.165) is 11.3 Å². The molecule has 0 bridgehead atoms. The lowest BCUT2D eigenvalue weighted by atomic mass is 9.97. The van der Waals surface area contributed by atoms with Gasteiger partial charge in [0.2, 0.25) is 0 Å². The van der Waals surface area contributed by atoms with Crippen LogP contribution in [0.3, 0.4) is 0 Å². The quantitative estimate of drug-likeness (QED) is 0.626. The standard InChI is InChI=1S/C12H14O/c1-5-10-11(9(2)3)7-6-8-12(10)13-4/h1,6-9H,2-4H3. The van der Waals surface area contributed by atoms with E-state index in [2.05, 4.69) is 19.8 Å². The maximum absolute atomic E-state index is 5.43. The third kappa shape index (κ3) is 1.84. The Morgan fingerprint density at radius 2 is 2.08 bits per heavy atom. The van der Waals surface area contributed by atoms with E-state index >= 15 is 0 Å². The van der Waals surface area contributed by atoms with E-state index in [1.807, 2.05) is 18.2 Å². The van der Waals surface area contributed by atoms with Crippen LogP contribution in [0.1, 0.15) is 30.9 Å². The molecule has 1 aromatic rings. The van der Waals surface area contributed by atoms with E-state index < -0.39 is 0 Å². The highest BCUT2D eigenvalue weighted by Crippen LogP contribution is 2.26. The van der Waals surface area contributed by atoms with Gasteiger partial charge in [-0.3, -0.25) is 0 Å². The Kier molecular flexibility index (Phi) is 2.97. The van der Waals surface area contributed by atoms with Gasteiger partial charge in [0.05, 0.1) is 12.7 Å². The topological polar surface area (TPSA) is 9.23 Å². The number of benzene rings is 1. The molecule has 0 heterocycles. The van der Waals surface area contributed by atoms with Crippen molar-refractivity contribution in [3.8, 4) is 18.1 Å². The van der Waals surface area contributed by atoms with Crippen molar-refractivity contribution in [2.45, 2.75) is 19.8 Å². The Morgan fingerprint density at radius 3 is 2.54 bits per heavy atom. The van der Waals surface area contributed by atoms with E-state index in [-0.39, 0.29) is 0 Å². The molecule has 0 spiro atoms. The maximum Gasteiger partial charge on any atom is 0.134 e. The van der Waals surface area contributed by atoms with Crippen molar-refractivity contribution < 1.29 is 4.74 Å². The molecule has 0 aromatic heterocycles. The summed E-state index contributed by atoms with van der Waals surface area (Å²) in [6.45, 7) is 4.24. The summed E-state index contributed by atoms with van der Waals surface area (Å²) in [4.78, 5) is 0. The summed E-state index contributed by atoms with van der Waals surface area (Å²) in [5, 5.41) is 0. The Hall–Kier alpha value is -1.42. The Morgan fingerprint density at radius 1 is 1.38 bits per heavy atom. The highest BCUT2D eigenvalue weighted by atomic mass is 16.5. The SMILES string of the molecule is C#Cc1c(OC)cccc1C(C)C. The lowest BCUT2D eigenvalue weighted by Crippen LogP contribution is -1.96. The van der Waals surface area contributed by atoms with Crippen molar-refractivity contribution in [3.63, 3.8) is 0 Å². The van der Waals surface area contributed by atoms with Crippen LogP contribution in [0.2, 0.25) is 0 Å². The van der Waals surface area contributed by atoms with Crippen LogP contribution >= 0.6 is 0 Å². The Balaban J connectivity index is 3.29. The van der Waals surface area contributed by atoms with Crippen molar-refractivity contribution in [3.05, 3.63) is 29.3 Å². The molecule has 1 heteroatoms. The lowest BCUT2D eigenvalue weighted by Gasteiger charge is -2.11. The number of rotatable bonds is 2. The van der Waals surface area contributed by atoms with E-state index in [1.54, 1.807) is 7.11 Å². The molecule has 0 fully saturated rings. The van der Waals surface area contributed by atoms with Gasteiger partial charge in [0.1, 0.15) is 5.75 Å². The van der Waals surface area contributed by atoms with Gasteiger partial charge < -0.3 is 4.74 Å². The van der Waals surface area contributed by atoms with Gasteiger partial charge in [-0.2, -0.15) is 0 Å². The van der Waals surface area contributed by atoms with Crippen molar-refractivity contribution in [1.29, 1.82) is 0 Å². The first-order valence-electron chi connectivity index (χ1n) is 4.34. The van der Waals surface area contributed by atoms with Gasteiger partial charge in [0.15, 0.2) is 0 Å². The van der Waals surface area contributed by atoms with Crippen LogP contribution in [0.15, 0.2) is 18.2 Å². The van der Waals surface area contributed by atoms with Crippen LogP contribution in [0.5, 0.6) is 5.75 Å². The molecular formula is C12H14O. The second-order valence-electron chi connectivity index (χ2n) is 3.22. The molecule has 0 saturated carbocycles. The fourth-order valence-corrected chi connectivity index (χ4v) is 1.35. The van der Waals surface area contributed by atoms with Gasteiger partial charge in [0.25, 0.3) is 0 Å². The van der Waals surface area contributed by atoms with Crippen LogP contribution in [-0.2, 0) is 0 Å². The molecule has 0 radical (unpaired) electrons. The highest BCUT2D eigenvalue weighted by molar-refractivity contribution is 5.51. The number of hydrogen-bond acceptors (Lipinski definition) is 1. The molecule has 0 unspecified atom stereocenters. The van der Waals surface area contributed by atoms with Crippen LogP contribution < -0.4 is 4.74 Å². The van der Waals surface area contributed by atoms with Crippen LogP contribution in [-0.4, -0.2) is 7.11 Å². The summed E-state index contributed by atoms with van der Waals surface area (Å²) < 4.78 is 5.18. The summed E-state index contributed by atoms with van der Waals surface area (Å²) in [6.07, 6.45) is 5.43. The van der Waals surface area contributed by atoms with Gasteiger partial charge in [0, 0.05) is 0 Å². The minimum Gasteiger partial charge on any atom is -0.495 e. The number of terminal acetylenes is 1. The maximum atomic E-state index is 5.43. The van der Waals surface area contributed by atoms with E-state index in [9.17, 15) is 0 Å². The predicted molar refractivity (Wildman–Crippen MR) is 55.0 cm³/mol. The average Bonchev–Trinajstić information content (AvgIpc) is 2.16. The zero-order chi connectivity index (χ0) is 9.84. The smallest absolute Gasteiger partial charge is 0.134 e. The van der Waals surface area contributed by atoms with Crippen molar-refractivity contribution in [2.75, 3.05) is 7.11 Å². The van der Waals surface area contributed by atoms with E-state index in [0.29, 0.717) is 5.92 Å². The highest BCUT2D eigenvalue weighted by Gasteiger charge is 2.08. The van der Waals surface area contributed by atoms with Gasteiger partial charge in [-0.05, 0) is 17.5 Å². The molecule has 68 valence electrons.